The number of carbonyl (C=O) groups is 1. The Morgan fingerprint density at radius 2 is 1.93 bits per heavy atom. The van der Waals surface area contributed by atoms with Gasteiger partial charge in [0, 0.05) is 24.7 Å². The molecule has 0 bridgehead atoms. The lowest BCUT2D eigenvalue weighted by molar-refractivity contribution is 0.0895. The van der Waals surface area contributed by atoms with Crippen molar-refractivity contribution in [3.8, 4) is 11.4 Å². The lowest BCUT2D eigenvalue weighted by atomic mass is 10.0. The highest BCUT2D eigenvalue weighted by Gasteiger charge is 2.28. The van der Waals surface area contributed by atoms with E-state index in [-0.39, 0.29) is 22.7 Å². The Hall–Kier alpha value is -2.26. The van der Waals surface area contributed by atoms with Crippen LogP contribution >= 0.6 is 0 Å². The third kappa shape index (κ3) is 4.41. The van der Waals surface area contributed by atoms with E-state index in [1.54, 1.807) is 12.1 Å². The van der Waals surface area contributed by atoms with Gasteiger partial charge in [-0.2, -0.15) is 9.29 Å². The van der Waals surface area contributed by atoms with E-state index in [1.807, 2.05) is 13.8 Å². The normalized spacial score (nSPS) is 17.4. The Morgan fingerprint density at radius 3 is 2.54 bits per heavy atom. The summed E-state index contributed by atoms with van der Waals surface area (Å²) in [6, 6.07) is 6.34. The van der Waals surface area contributed by atoms with Gasteiger partial charge in [0.15, 0.2) is 0 Å². The van der Waals surface area contributed by atoms with E-state index in [0.29, 0.717) is 24.6 Å². The van der Waals surface area contributed by atoms with Gasteiger partial charge in [-0.15, -0.1) is 0 Å². The lowest BCUT2D eigenvalue weighted by Gasteiger charge is -2.29. The Morgan fingerprint density at radius 1 is 1.29 bits per heavy atom. The fourth-order valence-corrected chi connectivity index (χ4v) is 4.44. The molecule has 152 valence electrons. The van der Waals surface area contributed by atoms with E-state index < -0.39 is 15.9 Å². The second kappa shape index (κ2) is 8.40. The number of rotatable bonds is 6. The number of nitrogens with one attached hydrogen (secondary N) is 1. The largest absolute Gasteiger partial charge is 0.345 e. The molecule has 1 saturated heterocycles. The molecule has 1 atom stereocenters. The second-order valence-corrected chi connectivity index (χ2v) is 9.25. The van der Waals surface area contributed by atoms with Gasteiger partial charge in [-0.3, -0.25) is 4.79 Å². The van der Waals surface area contributed by atoms with Crippen molar-refractivity contribution in [3.05, 3.63) is 30.2 Å². The van der Waals surface area contributed by atoms with Gasteiger partial charge in [-0.25, -0.2) is 8.42 Å². The molecule has 2 aromatic rings. The van der Waals surface area contributed by atoms with Crippen LogP contribution in [0, 0.1) is 5.92 Å². The number of hydrogen-bond acceptors (Lipinski definition) is 6. The summed E-state index contributed by atoms with van der Waals surface area (Å²) in [5.74, 6) is 0.255. The van der Waals surface area contributed by atoms with E-state index in [0.717, 1.165) is 19.3 Å². The number of piperidine rings is 1. The highest BCUT2D eigenvalue weighted by molar-refractivity contribution is 7.89. The zero-order chi connectivity index (χ0) is 20.3. The molecule has 0 unspecified atom stereocenters. The van der Waals surface area contributed by atoms with E-state index in [9.17, 15) is 13.2 Å². The van der Waals surface area contributed by atoms with Crippen LogP contribution in [-0.2, 0) is 10.0 Å². The van der Waals surface area contributed by atoms with E-state index >= 15 is 0 Å². The first-order chi connectivity index (χ1) is 13.3. The molecule has 1 N–H and O–H groups in total. The minimum atomic E-state index is -3.50. The molecular formula is C19H26N4O4S. The second-order valence-electron chi connectivity index (χ2n) is 7.32. The molecule has 0 saturated carbocycles. The lowest BCUT2D eigenvalue weighted by Crippen LogP contribution is -2.37. The quantitative estimate of drug-likeness (QED) is 0.791. The van der Waals surface area contributed by atoms with Crippen LogP contribution in [0.15, 0.2) is 33.7 Å². The third-order valence-corrected chi connectivity index (χ3v) is 7.02. The molecule has 1 amide bonds. The molecule has 1 aliphatic rings. The Labute approximate surface area is 165 Å². The van der Waals surface area contributed by atoms with Crippen LogP contribution in [0.2, 0.25) is 0 Å². The molecule has 2 heterocycles. The van der Waals surface area contributed by atoms with Gasteiger partial charge in [0.05, 0.1) is 4.90 Å². The first-order valence-electron chi connectivity index (χ1n) is 9.56. The predicted molar refractivity (Wildman–Crippen MR) is 104 cm³/mol. The van der Waals surface area contributed by atoms with E-state index in [2.05, 4.69) is 22.4 Å². The van der Waals surface area contributed by atoms with Crippen molar-refractivity contribution in [1.82, 2.24) is 19.8 Å². The highest BCUT2D eigenvalue weighted by Crippen LogP contribution is 2.25. The molecule has 8 nitrogen and oxygen atoms in total. The maximum Gasteiger partial charge on any atom is 0.316 e. The zero-order valence-corrected chi connectivity index (χ0v) is 17.2. The van der Waals surface area contributed by atoms with Crippen LogP contribution in [0.1, 0.15) is 50.7 Å². The molecule has 0 aliphatic carbocycles. The summed E-state index contributed by atoms with van der Waals surface area (Å²) in [5.41, 5.74) is 0.581. The summed E-state index contributed by atoms with van der Waals surface area (Å²) < 4.78 is 32.1. The van der Waals surface area contributed by atoms with Crippen molar-refractivity contribution >= 4 is 15.9 Å². The smallest absolute Gasteiger partial charge is 0.316 e. The van der Waals surface area contributed by atoms with Crippen LogP contribution in [0.5, 0.6) is 0 Å². The molecule has 1 fully saturated rings. The minimum absolute atomic E-state index is 0.00474. The Bertz CT molecular complexity index is 916. The molecule has 28 heavy (non-hydrogen) atoms. The fraction of sp³-hybridized carbons (Fsp3) is 0.526. The molecule has 1 aliphatic heterocycles. The summed E-state index contributed by atoms with van der Waals surface area (Å²) in [6.07, 6.45) is 2.54. The summed E-state index contributed by atoms with van der Waals surface area (Å²) in [6.45, 7) is 7.08. The van der Waals surface area contributed by atoms with Gasteiger partial charge >= 0.3 is 11.8 Å². The van der Waals surface area contributed by atoms with Gasteiger partial charge in [-0.05, 0) is 56.4 Å². The van der Waals surface area contributed by atoms with Crippen molar-refractivity contribution in [1.29, 1.82) is 0 Å². The highest BCUT2D eigenvalue weighted by atomic mass is 32.2. The molecule has 3 rings (SSSR count). The average molecular weight is 407 g/mol. The van der Waals surface area contributed by atoms with Crippen LogP contribution in [0.3, 0.4) is 0 Å². The van der Waals surface area contributed by atoms with Crippen molar-refractivity contribution in [2.75, 3.05) is 13.1 Å². The summed E-state index contributed by atoms with van der Waals surface area (Å²) in [5, 5.41) is 6.58. The van der Waals surface area contributed by atoms with Gasteiger partial charge < -0.3 is 9.84 Å². The maximum atomic E-state index is 12.8. The molecule has 9 heteroatoms. The summed E-state index contributed by atoms with van der Waals surface area (Å²) in [4.78, 5) is 16.4. The average Bonchev–Trinajstić information content (AvgIpc) is 3.18. The molecule has 1 aromatic heterocycles. The number of hydrogen-bond donors (Lipinski definition) is 1. The van der Waals surface area contributed by atoms with Gasteiger partial charge in [0.25, 0.3) is 0 Å². The monoisotopic (exact) mass is 406 g/mol. The molecule has 0 radical (unpaired) electrons. The zero-order valence-electron chi connectivity index (χ0n) is 16.4. The third-order valence-electron chi connectivity index (χ3n) is 5.10. The molecule has 1 aromatic carbocycles. The number of carbonyl (C=O) groups excluding carboxylic acids is 1. The van der Waals surface area contributed by atoms with Crippen molar-refractivity contribution < 1.29 is 17.7 Å². The van der Waals surface area contributed by atoms with Crippen LogP contribution in [-0.4, -0.2) is 47.9 Å². The number of sulfonamides is 1. The maximum absolute atomic E-state index is 12.8. The Balaban J connectivity index is 1.73. The minimum Gasteiger partial charge on any atom is -0.345 e. The van der Waals surface area contributed by atoms with Crippen molar-refractivity contribution in [2.45, 2.75) is 51.0 Å². The number of aromatic nitrogens is 2. The van der Waals surface area contributed by atoms with E-state index in [4.69, 9.17) is 4.52 Å². The first kappa shape index (κ1) is 20.5. The van der Waals surface area contributed by atoms with Gasteiger partial charge in [-0.1, -0.05) is 19.0 Å². The van der Waals surface area contributed by atoms with Crippen LogP contribution in [0.4, 0.5) is 0 Å². The number of amides is 1. The fourth-order valence-electron chi connectivity index (χ4n) is 2.97. The van der Waals surface area contributed by atoms with Crippen LogP contribution < -0.4 is 5.32 Å². The standard InChI is InChI=1S/C19H26N4O4S/c1-4-14(3)20-18(24)19-21-17(22-27-19)15-5-7-16(8-6-15)28(25,26)23-11-9-13(2)10-12-23/h5-8,13-14H,4,9-12H2,1-3H3,(H,20,24)/t14-/m0/s1. The van der Waals surface area contributed by atoms with Gasteiger partial charge in [0.1, 0.15) is 0 Å². The topological polar surface area (TPSA) is 105 Å². The van der Waals surface area contributed by atoms with Crippen molar-refractivity contribution in [3.63, 3.8) is 0 Å². The summed E-state index contributed by atoms with van der Waals surface area (Å²) >= 11 is 0. The van der Waals surface area contributed by atoms with E-state index in [1.165, 1.54) is 16.4 Å². The summed E-state index contributed by atoms with van der Waals surface area (Å²) in [7, 11) is -3.50. The number of benzene rings is 1. The molecule has 0 spiro atoms. The SMILES string of the molecule is CC[C@H](C)NC(=O)c1nc(-c2ccc(S(=O)(=O)N3CCC(C)CC3)cc2)no1. The van der Waals surface area contributed by atoms with Crippen molar-refractivity contribution in [2.24, 2.45) is 5.92 Å². The van der Waals surface area contributed by atoms with Gasteiger partial charge in [0.2, 0.25) is 15.8 Å². The number of nitrogens with zero attached hydrogens (tertiary/aromatic N) is 3. The Kier molecular flexibility index (Phi) is 6.14. The first-order valence-corrected chi connectivity index (χ1v) is 11.0. The molecular weight excluding hydrogens is 380 g/mol. The predicted octanol–water partition coefficient (Wildman–Crippen LogP) is 2.69. The van der Waals surface area contributed by atoms with Crippen LogP contribution in [0.25, 0.3) is 11.4 Å².